The van der Waals surface area contributed by atoms with Crippen LogP contribution in [0.2, 0.25) is 0 Å². The van der Waals surface area contributed by atoms with E-state index in [2.05, 4.69) is 64.9 Å². The molecule has 0 aliphatic heterocycles. The highest BCUT2D eigenvalue weighted by Gasteiger charge is 2.26. The topological polar surface area (TPSA) is 86.7 Å². The lowest BCUT2D eigenvalue weighted by Gasteiger charge is -2.39. The number of hydrogen-bond acceptors (Lipinski definition) is 6. The SMILES string of the molecule is CCCC[N+](CCCC)(CCCC)CCCC.CCCC[N+](CCCC)(CCCC)CCCC.O=COC(=O)c1ccccc1C(=O)OC=O. The van der Waals surface area contributed by atoms with Crippen molar-refractivity contribution in [2.24, 2.45) is 0 Å². The molecule has 0 fully saturated rings. The van der Waals surface area contributed by atoms with Crippen LogP contribution in [0, 0.1) is 0 Å². The molecule has 0 atom stereocenters. The van der Waals surface area contributed by atoms with Crippen molar-refractivity contribution in [3.8, 4) is 0 Å². The predicted molar refractivity (Wildman–Crippen MR) is 208 cm³/mol. The van der Waals surface area contributed by atoms with E-state index in [4.69, 9.17) is 0 Å². The van der Waals surface area contributed by atoms with Crippen LogP contribution in [-0.4, -0.2) is 86.2 Å². The van der Waals surface area contributed by atoms with Crippen molar-refractivity contribution in [3.05, 3.63) is 35.4 Å². The van der Waals surface area contributed by atoms with Crippen molar-refractivity contribution in [2.45, 2.75) is 158 Å². The largest absolute Gasteiger partial charge is 0.392 e. The standard InChI is InChI=1S/2C16H36N.C10H6O6/c2*1-5-9-13-17(14-10-6-2,15-11-7-3)16-12-8-4;11-5-15-9(13)7-3-1-2-4-8(7)10(14)16-6-12/h2*5-16H2,1-4H3;1-6H/q2*+1;. The summed E-state index contributed by atoms with van der Waals surface area (Å²) >= 11 is 0. The van der Waals surface area contributed by atoms with Gasteiger partial charge in [0.25, 0.3) is 0 Å². The first-order valence-corrected chi connectivity index (χ1v) is 20.3. The minimum atomic E-state index is -0.992. The lowest BCUT2D eigenvalue weighted by atomic mass is 10.1. The molecule has 0 aliphatic carbocycles. The van der Waals surface area contributed by atoms with Crippen molar-refractivity contribution in [1.82, 2.24) is 0 Å². The molecule has 8 nitrogen and oxygen atoms in total. The number of carbonyl (C=O) groups is 4. The quantitative estimate of drug-likeness (QED) is 0.0373. The zero-order valence-electron chi connectivity index (χ0n) is 33.8. The number of ether oxygens (including phenoxy) is 2. The monoisotopic (exact) mass is 707 g/mol. The molecule has 1 aromatic carbocycles. The molecular formula is C42H78N2O6+2. The van der Waals surface area contributed by atoms with Gasteiger partial charge in [0.2, 0.25) is 0 Å². The molecule has 1 aromatic rings. The molecule has 0 saturated carbocycles. The molecule has 0 aliphatic rings. The minimum Gasteiger partial charge on any atom is -0.392 e. The van der Waals surface area contributed by atoms with Gasteiger partial charge in [-0.2, -0.15) is 0 Å². The molecule has 0 heterocycles. The average molecular weight is 707 g/mol. The van der Waals surface area contributed by atoms with Crippen LogP contribution in [0.25, 0.3) is 0 Å². The number of rotatable bonds is 28. The van der Waals surface area contributed by atoms with Crippen LogP contribution in [0.15, 0.2) is 24.3 Å². The van der Waals surface area contributed by atoms with Gasteiger partial charge < -0.3 is 18.4 Å². The van der Waals surface area contributed by atoms with Crippen molar-refractivity contribution < 1.29 is 37.6 Å². The van der Waals surface area contributed by atoms with Crippen LogP contribution in [0.5, 0.6) is 0 Å². The van der Waals surface area contributed by atoms with Gasteiger partial charge in [0.15, 0.2) is 0 Å². The smallest absolute Gasteiger partial charge is 0.346 e. The zero-order chi connectivity index (χ0) is 37.9. The second-order valence-electron chi connectivity index (χ2n) is 13.8. The number of carbonyl (C=O) groups excluding carboxylic acids is 4. The Bertz CT molecular complexity index is 831. The molecule has 0 aromatic heterocycles. The Hall–Kier alpha value is -2.58. The van der Waals surface area contributed by atoms with E-state index in [1.807, 2.05) is 0 Å². The fourth-order valence-electron chi connectivity index (χ4n) is 6.34. The van der Waals surface area contributed by atoms with Crippen LogP contribution in [0.1, 0.15) is 179 Å². The maximum absolute atomic E-state index is 11.2. The van der Waals surface area contributed by atoms with E-state index in [1.54, 1.807) is 0 Å². The van der Waals surface area contributed by atoms with Gasteiger partial charge >= 0.3 is 24.9 Å². The molecule has 0 spiro atoms. The van der Waals surface area contributed by atoms with Crippen LogP contribution < -0.4 is 0 Å². The summed E-state index contributed by atoms with van der Waals surface area (Å²) in [6.07, 6.45) is 22.1. The lowest BCUT2D eigenvalue weighted by Crippen LogP contribution is -2.50. The third-order valence-corrected chi connectivity index (χ3v) is 9.57. The van der Waals surface area contributed by atoms with Gasteiger partial charge in [0.05, 0.1) is 63.5 Å². The first-order chi connectivity index (χ1) is 24.2. The number of unbranched alkanes of at least 4 members (excludes halogenated alkanes) is 8. The molecule has 8 heteroatoms. The first-order valence-electron chi connectivity index (χ1n) is 20.3. The van der Waals surface area contributed by atoms with Crippen LogP contribution in [0.4, 0.5) is 0 Å². The van der Waals surface area contributed by atoms with E-state index in [9.17, 15) is 19.2 Å². The Kier molecular flexibility index (Phi) is 33.2. The Balaban J connectivity index is 0. The second-order valence-corrected chi connectivity index (χ2v) is 13.8. The number of hydrogen-bond donors (Lipinski definition) is 0. The van der Waals surface area contributed by atoms with Gasteiger partial charge in [-0.25, -0.2) is 9.59 Å². The molecular weight excluding hydrogens is 628 g/mol. The van der Waals surface area contributed by atoms with Crippen molar-refractivity contribution in [2.75, 3.05) is 52.4 Å². The number of benzene rings is 1. The summed E-state index contributed by atoms with van der Waals surface area (Å²) in [7, 11) is 0. The van der Waals surface area contributed by atoms with Gasteiger partial charge in [-0.3, -0.25) is 9.59 Å². The fraction of sp³-hybridized carbons (Fsp3) is 0.762. The summed E-state index contributed by atoms with van der Waals surface area (Å²) in [5.41, 5.74) is -0.303. The molecule has 0 bridgehead atoms. The van der Waals surface area contributed by atoms with Crippen molar-refractivity contribution in [1.29, 1.82) is 0 Å². The summed E-state index contributed by atoms with van der Waals surface area (Å²) in [6.45, 7) is 29.9. The van der Waals surface area contributed by atoms with E-state index in [0.29, 0.717) is 0 Å². The van der Waals surface area contributed by atoms with E-state index in [0.717, 1.165) is 0 Å². The average Bonchev–Trinajstić information content (AvgIpc) is 3.14. The normalized spacial score (nSPS) is 11.0. The summed E-state index contributed by atoms with van der Waals surface area (Å²) in [5, 5.41) is 0. The van der Waals surface area contributed by atoms with Crippen LogP contribution >= 0.6 is 0 Å². The Labute approximate surface area is 307 Å². The van der Waals surface area contributed by atoms with Crippen LogP contribution in [0.3, 0.4) is 0 Å². The van der Waals surface area contributed by atoms with Gasteiger partial charge in [-0.15, -0.1) is 0 Å². The Morgan fingerprint density at radius 3 is 0.800 bits per heavy atom. The molecule has 0 amide bonds. The predicted octanol–water partition coefficient (Wildman–Crippen LogP) is 10.3. The van der Waals surface area contributed by atoms with E-state index < -0.39 is 11.9 Å². The molecule has 0 saturated heterocycles. The fourth-order valence-corrected chi connectivity index (χ4v) is 6.34. The highest BCUT2D eigenvalue weighted by Crippen LogP contribution is 2.18. The van der Waals surface area contributed by atoms with E-state index >= 15 is 0 Å². The number of quaternary nitrogens is 2. The highest BCUT2D eigenvalue weighted by molar-refractivity contribution is 6.05. The maximum Gasteiger partial charge on any atom is 0.346 e. The number of nitrogens with zero attached hydrogens (tertiary/aromatic N) is 2. The first kappa shape index (κ1) is 49.5. The second kappa shape index (κ2) is 33.6. The molecule has 50 heavy (non-hydrogen) atoms. The molecule has 0 radical (unpaired) electrons. The molecule has 1 rings (SSSR count). The van der Waals surface area contributed by atoms with Gasteiger partial charge in [-0.05, 0) is 63.5 Å². The van der Waals surface area contributed by atoms with Crippen molar-refractivity contribution >= 4 is 24.9 Å². The third kappa shape index (κ3) is 23.0. The molecule has 0 N–H and O–H groups in total. The third-order valence-electron chi connectivity index (χ3n) is 9.57. The summed E-state index contributed by atoms with van der Waals surface area (Å²) in [5.74, 6) is -1.98. The summed E-state index contributed by atoms with van der Waals surface area (Å²) in [4.78, 5) is 42.4. The number of esters is 2. The highest BCUT2D eigenvalue weighted by atomic mass is 16.6. The zero-order valence-corrected chi connectivity index (χ0v) is 33.8. The Morgan fingerprint density at radius 1 is 0.440 bits per heavy atom. The van der Waals surface area contributed by atoms with Gasteiger partial charge in [0.1, 0.15) is 0 Å². The van der Waals surface area contributed by atoms with Crippen LogP contribution in [-0.2, 0) is 19.1 Å². The van der Waals surface area contributed by atoms with E-state index in [-0.39, 0.29) is 24.1 Å². The Morgan fingerprint density at radius 2 is 0.640 bits per heavy atom. The van der Waals surface area contributed by atoms with Gasteiger partial charge in [-0.1, -0.05) is 119 Å². The lowest BCUT2D eigenvalue weighted by molar-refractivity contribution is -0.929. The molecule has 290 valence electrons. The molecule has 0 unspecified atom stereocenters. The van der Waals surface area contributed by atoms with E-state index in [1.165, 1.54) is 188 Å². The summed E-state index contributed by atoms with van der Waals surface area (Å²) in [6, 6.07) is 5.48. The minimum absolute atomic E-state index is 0.0514. The summed E-state index contributed by atoms with van der Waals surface area (Å²) < 4.78 is 11.0. The van der Waals surface area contributed by atoms with Crippen molar-refractivity contribution in [3.63, 3.8) is 0 Å². The maximum atomic E-state index is 11.2. The van der Waals surface area contributed by atoms with Gasteiger partial charge in [0, 0.05) is 0 Å².